The predicted molar refractivity (Wildman–Crippen MR) is 61.0 cm³/mol. The van der Waals surface area contributed by atoms with Crippen LogP contribution in [-0.2, 0) is 11.2 Å². The van der Waals surface area contributed by atoms with Gasteiger partial charge in [0.25, 0.3) is 0 Å². The van der Waals surface area contributed by atoms with Crippen LogP contribution in [0.5, 0.6) is 0 Å². The summed E-state index contributed by atoms with van der Waals surface area (Å²) in [7, 11) is 0. The van der Waals surface area contributed by atoms with Crippen molar-refractivity contribution < 1.29 is 9.90 Å². The van der Waals surface area contributed by atoms with E-state index < -0.39 is 5.97 Å². The van der Waals surface area contributed by atoms with E-state index in [9.17, 15) is 4.79 Å². The maximum atomic E-state index is 10.9. The third-order valence-corrected chi connectivity index (χ3v) is 2.98. The van der Waals surface area contributed by atoms with Crippen LogP contribution in [0.25, 0.3) is 5.65 Å². The number of carbonyl (C=O) groups is 1. The lowest BCUT2D eigenvalue weighted by Gasteiger charge is -2.04. The molecule has 5 nitrogen and oxygen atoms in total. The van der Waals surface area contributed by atoms with Gasteiger partial charge in [-0.15, -0.1) is 0 Å². The van der Waals surface area contributed by atoms with Crippen molar-refractivity contribution in [2.75, 3.05) is 0 Å². The predicted octanol–water partition coefficient (Wildman–Crippen LogP) is 1.54. The summed E-state index contributed by atoms with van der Waals surface area (Å²) in [5, 5.41) is 13.4. The van der Waals surface area contributed by atoms with E-state index in [0.29, 0.717) is 11.6 Å². The van der Waals surface area contributed by atoms with E-state index in [1.54, 1.807) is 4.52 Å². The number of rotatable bonds is 3. The number of nitrogens with zero attached hydrogens (tertiary/aromatic N) is 3. The van der Waals surface area contributed by atoms with E-state index in [2.05, 4.69) is 10.1 Å². The first-order valence-corrected chi connectivity index (χ1v) is 5.71. The van der Waals surface area contributed by atoms with Crippen LogP contribution >= 0.6 is 0 Å². The van der Waals surface area contributed by atoms with Crippen LogP contribution < -0.4 is 0 Å². The fourth-order valence-corrected chi connectivity index (χ4v) is 2.05. The smallest absolute Gasteiger partial charge is 0.307 e. The van der Waals surface area contributed by atoms with Crippen molar-refractivity contribution >= 4 is 11.6 Å². The molecule has 2 aromatic heterocycles. The zero-order chi connectivity index (χ0) is 12.0. The Morgan fingerprint density at radius 1 is 1.59 bits per heavy atom. The Hall–Kier alpha value is -1.91. The number of hydrogen-bond donors (Lipinski definition) is 1. The summed E-state index contributed by atoms with van der Waals surface area (Å²) in [4.78, 5) is 15.2. The highest BCUT2D eigenvalue weighted by Gasteiger charge is 2.26. The minimum Gasteiger partial charge on any atom is -0.481 e. The first-order chi connectivity index (χ1) is 8.13. The molecule has 0 saturated heterocycles. The van der Waals surface area contributed by atoms with Crippen LogP contribution in [0, 0.1) is 6.92 Å². The van der Waals surface area contributed by atoms with Crippen molar-refractivity contribution in [3.8, 4) is 0 Å². The number of aromatic nitrogens is 3. The zero-order valence-electron chi connectivity index (χ0n) is 9.55. The van der Waals surface area contributed by atoms with Gasteiger partial charge in [0.05, 0.1) is 24.0 Å². The molecule has 2 aromatic rings. The Bertz CT molecular complexity index is 599. The summed E-state index contributed by atoms with van der Waals surface area (Å²) >= 11 is 0. The summed E-state index contributed by atoms with van der Waals surface area (Å²) in [6.07, 6.45) is 4.14. The van der Waals surface area contributed by atoms with Crippen LogP contribution in [-0.4, -0.2) is 25.7 Å². The molecule has 1 N–H and O–H groups in total. The van der Waals surface area contributed by atoms with E-state index in [1.807, 2.05) is 19.2 Å². The first-order valence-electron chi connectivity index (χ1n) is 5.71. The molecule has 0 atom stereocenters. The zero-order valence-corrected chi connectivity index (χ0v) is 9.55. The average molecular weight is 231 g/mol. The van der Waals surface area contributed by atoms with Crippen LogP contribution in [0.4, 0.5) is 0 Å². The molecule has 3 rings (SSSR count). The molecule has 0 bridgehead atoms. The molecule has 1 saturated carbocycles. The van der Waals surface area contributed by atoms with Crippen molar-refractivity contribution in [1.29, 1.82) is 0 Å². The van der Waals surface area contributed by atoms with Gasteiger partial charge in [0, 0.05) is 11.5 Å². The van der Waals surface area contributed by atoms with Gasteiger partial charge in [0.15, 0.2) is 5.65 Å². The van der Waals surface area contributed by atoms with Gasteiger partial charge in [-0.25, -0.2) is 9.50 Å². The molecule has 88 valence electrons. The lowest BCUT2D eigenvalue weighted by molar-refractivity contribution is -0.136. The molecular weight excluding hydrogens is 218 g/mol. The second kappa shape index (κ2) is 3.55. The van der Waals surface area contributed by atoms with Gasteiger partial charge < -0.3 is 5.11 Å². The largest absolute Gasteiger partial charge is 0.481 e. The van der Waals surface area contributed by atoms with Gasteiger partial charge >= 0.3 is 5.97 Å². The number of fused-ring (bicyclic) bond motifs is 1. The summed E-state index contributed by atoms with van der Waals surface area (Å²) in [5.41, 5.74) is 3.26. The molecule has 5 heteroatoms. The third-order valence-electron chi connectivity index (χ3n) is 2.98. The number of imidazole rings is 1. The Kier molecular flexibility index (Phi) is 2.14. The van der Waals surface area contributed by atoms with E-state index in [1.165, 1.54) is 0 Å². The second-order valence-electron chi connectivity index (χ2n) is 4.59. The van der Waals surface area contributed by atoms with Gasteiger partial charge in [-0.05, 0) is 25.8 Å². The molecule has 0 radical (unpaired) electrons. The molecule has 0 aromatic carbocycles. The number of carboxylic acids is 1. The van der Waals surface area contributed by atoms with Gasteiger partial charge in [0.2, 0.25) is 0 Å². The monoisotopic (exact) mass is 231 g/mol. The molecule has 0 amide bonds. The van der Waals surface area contributed by atoms with Crippen LogP contribution in [0.3, 0.4) is 0 Å². The molecule has 0 unspecified atom stereocenters. The van der Waals surface area contributed by atoms with E-state index in [4.69, 9.17) is 5.11 Å². The van der Waals surface area contributed by atoms with Gasteiger partial charge in [-0.3, -0.25) is 4.79 Å². The number of carboxylic acid groups (broad SMARTS) is 1. The fraction of sp³-hybridized carbons (Fsp3) is 0.417. The van der Waals surface area contributed by atoms with Crippen LogP contribution in [0.1, 0.15) is 35.7 Å². The van der Waals surface area contributed by atoms with E-state index >= 15 is 0 Å². The average Bonchev–Trinajstić information content (AvgIpc) is 3.00. The van der Waals surface area contributed by atoms with Gasteiger partial charge in [-0.2, -0.15) is 5.10 Å². The quantitative estimate of drug-likeness (QED) is 0.870. The Morgan fingerprint density at radius 3 is 3.00 bits per heavy atom. The topological polar surface area (TPSA) is 67.5 Å². The number of aryl methyl sites for hydroxylation is 1. The molecule has 17 heavy (non-hydrogen) atoms. The summed E-state index contributed by atoms with van der Waals surface area (Å²) < 4.78 is 1.71. The SMILES string of the molecule is Cc1cn2nc(C3CC3)cc(CC(=O)O)c2n1. The number of hydrogen-bond acceptors (Lipinski definition) is 3. The Morgan fingerprint density at radius 2 is 2.35 bits per heavy atom. The first kappa shape index (κ1) is 10.3. The van der Waals surface area contributed by atoms with Crippen molar-refractivity contribution in [1.82, 2.24) is 14.6 Å². The summed E-state index contributed by atoms with van der Waals surface area (Å²) in [6.45, 7) is 1.88. The van der Waals surface area contributed by atoms with Crippen LogP contribution in [0.15, 0.2) is 12.3 Å². The van der Waals surface area contributed by atoms with E-state index in [0.717, 1.165) is 29.8 Å². The standard InChI is InChI=1S/C12H13N3O2/c1-7-6-15-12(13-7)9(5-11(16)17)4-10(14-15)8-2-3-8/h4,6,8H,2-3,5H2,1H3,(H,16,17). The molecule has 0 spiro atoms. The van der Waals surface area contributed by atoms with Crippen molar-refractivity contribution in [3.05, 3.63) is 29.2 Å². The van der Waals surface area contributed by atoms with Crippen molar-refractivity contribution in [2.45, 2.75) is 32.1 Å². The molecule has 0 aliphatic heterocycles. The highest BCUT2D eigenvalue weighted by Crippen LogP contribution is 2.39. The lowest BCUT2D eigenvalue weighted by atomic mass is 10.1. The molecule has 1 aliphatic rings. The molecule has 1 fully saturated rings. The highest BCUT2D eigenvalue weighted by molar-refractivity contribution is 5.73. The Balaban J connectivity index is 2.17. The lowest BCUT2D eigenvalue weighted by Crippen LogP contribution is -2.06. The summed E-state index contributed by atoms with van der Waals surface area (Å²) in [5.74, 6) is -0.324. The third kappa shape index (κ3) is 1.88. The highest BCUT2D eigenvalue weighted by atomic mass is 16.4. The van der Waals surface area contributed by atoms with E-state index in [-0.39, 0.29) is 6.42 Å². The van der Waals surface area contributed by atoms with Gasteiger partial charge in [0.1, 0.15) is 0 Å². The van der Waals surface area contributed by atoms with Crippen molar-refractivity contribution in [2.24, 2.45) is 0 Å². The Labute approximate surface area is 98.1 Å². The molecule has 1 aliphatic carbocycles. The fourth-order valence-electron chi connectivity index (χ4n) is 2.05. The normalized spacial score (nSPS) is 15.4. The second-order valence-corrected chi connectivity index (χ2v) is 4.59. The minimum absolute atomic E-state index is 0.00218. The van der Waals surface area contributed by atoms with Gasteiger partial charge in [-0.1, -0.05) is 0 Å². The maximum Gasteiger partial charge on any atom is 0.307 e. The molecule has 2 heterocycles. The summed E-state index contributed by atoms with van der Waals surface area (Å²) in [6, 6.07) is 1.90. The van der Waals surface area contributed by atoms with Crippen LogP contribution in [0.2, 0.25) is 0 Å². The van der Waals surface area contributed by atoms with Crippen molar-refractivity contribution in [3.63, 3.8) is 0 Å². The maximum absolute atomic E-state index is 10.9. The minimum atomic E-state index is -0.833. The molecular formula is C12H13N3O2. The number of aliphatic carboxylic acids is 1.